The second-order valence-electron chi connectivity index (χ2n) is 5.51. The molecule has 0 saturated carbocycles. The summed E-state index contributed by atoms with van der Waals surface area (Å²) in [5.41, 5.74) is 6.89. The molecule has 26 heavy (non-hydrogen) atoms. The number of hydrogen-bond acceptors (Lipinski definition) is 8. The summed E-state index contributed by atoms with van der Waals surface area (Å²) in [5, 5.41) is 24.5. The molecule has 3 aromatic heterocycles. The van der Waals surface area contributed by atoms with Crippen molar-refractivity contribution >= 4 is 37.9 Å². The fourth-order valence-electron chi connectivity index (χ4n) is 3.07. The summed E-state index contributed by atoms with van der Waals surface area (Å²) in [7, 11) is 1.70. The van der Waals surface area contributed by atoms with Crippen LogP contribution in [0.1, 0.15) is 21.9 Å². The van der Waals surface area contributed by atoms with Crippen molar-refractivity contribution in [2.24, 2.45) is 5.73 Å². The molecular weight excluding hydrogens is 370 g/mol. The Morgan fingerprint density at radius 1 is 1.38 bits per heavy atom. The molecule has 1 atom stereocenters. The van der Waals surface area contributed by atoms with Crippen LogP contribution in [0.15, 0.2) is 33.8 Å². The molecule has 0 bridgehead atoms. The lowest BCUT2D eigenvalue weighted by atomic mass is 9.89. The fraction of sp³-hybridized carbons (Fsp3) is 0.118. The van der Waals surface area contributed by atoms with E-state index in [-0.39, 0.29) is 11.5 Å². The van der Waals surface area contributed by atoms with E-state index in [1.165, 1.54) is 22.7 Å². The minimum Gasteiger partial charge on any atom is -0.438 e. The Bertz CT molecular complexity index is 1210. The quantitative estimate of drug-likeness (QED) is 0.626. The molecule has 0 saturated heterocycles. The molecule has 4 rings (SSSR count). The number of anilines is 1. The maximum absolute atomic E-state index is 12.9. The van der Waals surface area contributed by atoms with Crippen LogP contribution in [-0.2, 0) is 0 Å². The Balaban J connectivity index is 2.12. The van der Waals surface area contributed by atoms with E-state index in [1.807, 2.05) is 17.5 Å². The molecule has 0 aliphatic carbocycles. The summed E-state index contributed by atoms with van der Waals surface area (Å²) >= 11 is 2.73. The van der Waals surface area contributed by atoms with Gasteiger partial charge in [0, 0.05) is 11.9 Å². The molecule has 3 aromatic rings. The highest BCUT2D eigenvalue weighted by atomic mass is 32.1. The zero-order valence-corrected chi connectivity index (χ0v) is 15.0. The Kier molecular flexibility index (Phi) is 3.69. The van der Waals surface area contributed by atoms with Gasteiger partial charge in [0.1, 0.15) is 28.3 Å². The Morgan fingerprint density at radius 2 is 2.19 bits per heavy atom. The summed E-state index contributed by atoms with van der Waals surface area (Å²) in [6.45, 7) is 0. The second kappa shape index (κ2) is 5.92. The number of nitrogens with one attached hydrogen (secondary N) is 2. The highest BCUT2D eigenvalue weighted by Crippen LogP contribution is 2.47. The van der Waals surface area contributed by atoms with Crippen molar-refractivity contribution in [3.05, 3.63) is 55.3 Å². The van der Waals surface area contributed by atoms with Crippen LogP contribution in [0.4, 0.5) is 5.00 Å². The number of allylic oxidation sites excluding steroid dienone is 1. The van der Waals surface area contributed by atoms with Crippen molar-refractivity contribution in [3.8, 4) is 17.9 Å². The highest BCUT2D eigenvalue weighted by Gasteiger charge is 2.36. The maximum atomic E-state index is 12.9. The van der Waals surface area contributed by atoms with Crippen molar-refractivity contribution in [1.29, 1.82) is 10.5 Å². The van der Waals surface area contributed by atoms with Gasteiger partial charge >= 0.3 is 0 Å². The van der Waals surface area contributed by atoms with E-state index in [0.717, 1.165) is 4.88 Å². The number of aromatic amines is 1. The molecule has 1 aliphatic rings. The van der Waals surface area contributed by atoms with Gasteiger partial charge in [0.25, 0.3) is 5.56 Å². The minimum absolute atomic E-state index is 0.0248. The lowest BCUT2D eigenvalue weighted by molar-refractivity contribution is 0.398. The van der Waals surface area contributed by atoms with Gasteiger partial charge in [-0.1, -0.05) is 6.07 Å². The molecule has 0 fully saturated rings. The number of rotatable bonds is 2. The average molecular weight is 381 g/mol. The molecule has 0 radical (unpaired) electrons. The molecule has 0 spiro atoms. The van der Waals surface area contributed by atoms with Gasteiger partial charge in [-0.25, -0.2) is 0 Å². The fourth-order valence-corrected chi connectivity index (χ4v) is 4.97. The first kappa shape index (κ1) is 16.2. The third-order valence-electron chi connectivity index (χ3n) is 4.18. The first-order chi connectivity index (χ1) is 12.6. The minimum atomic E-state index is -0.595. The van der Waals surface area contributed by atoms with Crippen LogP contribution < -0.4 is 21.3 Å². The highest BCUT2D eigenvalue weighted by molar-refractivity contribution is 7.23. The van der Waals surface area contributed by atoms with Gasteiger partial charge in [-0.15, -0.1) is 22.7 Å². The zero-order chi connectivity index (χ0) is 18.4. The van der Waals surface area contributed by atoms with Crippen molar-refractivity contribution in [2.45, 2.75) is 5.92 Å². The first-order valence-electron chi connectivity index (χ1n) is 7.52. The van der Waals surface area contributed by atoms with Gasteiger partial charge in [-0.3, -0.25) is 4.79 Å². The molecular formula is C17H11N5O2S2. The summed E-state index contributed by atoms with van der Waals surface area (Å²) < 4.78 is 6.32. The monoisotopic (exact) mass is 381 g/mol. The lowest BCUT2D eigenvalue weighted by Crippen LogP contribution is -2.27. The number of hydrogen-bond donors (Lipinski definition) is 3. The Hall–Kier alpha value is -3.27. The standard InChI is InChI=1S/C17H11N5O2S2/c1-21-17-8(6-19)12-14(26-17)13-11(16(23)22-12)10(9-3-2-4-25-9)7(5-18)15(20)24-13/h2-4,10,21H,20H2,1H3,(H,22,23). The van der Waals surface area contributed by atoms with Crippen LogP contribution in [0, 0.1) is 22.7 Å². The SMILES string of the molecule is CNc1sc2c3c(c(=O)[nH]c2c1C#N)C(c1cccs1)C(C#N)=C(N)O3. The molecule has 1 aliphatic heterocycles. The average Bonchev–Trinajstić information content (AvgIpc) is 3.28. The number of ether oxygens (including phenoxy) is 1. The van der Waals surface area contributed by atoms with E-state index in [1.54, 1.807) is 7.05 Å². The second-order valence-corrected chi connectivity index (χ2v) is 7.51. The number of nitrogens with two attached hydrogens (primary N) is 1. The third-order valence-corrected chi connectivity index (χ3v) is 6.33. The molecule has 128 valence electrons. The van der Waals surface area contributed by atoms with E-state index < -0.39 is 11.5 Å². The van der Waals surface area contributed by atoms with E-state index in [4.69, 9.17) is 10.5 Å². The number of fused-ring (bicyclic) bond motifs is 3. The van der Waals surface area contributed by atoms with E-state index in [0.29, 0.717) is 32.1 Å². The van der Waals surface area contributed by atoms with Gasteiger partial charge in [-0.2, -0.15) is 10.5 Å². The van der Waals surface area contributed by atoms with Gasteiger partial charge in [-0.05, 0) is 11.4 Å². The van der Waals surface area contributed by atoms with Crippen molar-refractivity contribution < 1.29 is 4.74 Å². The van der Waals surface area contributed by atoms with E-state index in [9.17, 15) is 15.3 Å². The van der Waals surface area contributed by atoms with Crippen molar-refractivity contribution in [2.75, 3.05) is 12.4 Å². The smallest absolute Gasteiger partial charge is 0.256 e. The topological polar surface area (TPSA) is 128 Å². The third kappa shape index (κ3) is 2.12. The van der Waals surface area contributed by atoms with E-state index in [2.05, 4.69) is 22.4 Å². The van der Waals surface area contributed by atoms with Gasteiger partial charge < -0.3 is 20.8 Å². The summed E-state index contributed by atoms with van der Waals surface area (Å²) in [6, 6.07) is 7.88. The molecule has 4 heterocycles. The molecule has 4 N–H and O–H groups in total. The Morgan fingerprint density at radius 3 is 2.81 bits per heavy atom. The van der Waals surface area contributed by atoms with Crippen LogP contribution in [0.2, 0.25) is 0 Å². The molecule has 0 aromatic carbocycles. The molecule has 9 heteroatoms. The number of pyridine rings is 1. The number of H-pyrrole nitrogens is 1. The zero-order valence-electron chi connectivity index (χ0n) is 13.4. The van der Waals surface area contributed by atoms with Crippen molar-refractivity contribution in [1.82, 2.24) is 4.98 Å². The molecule has 0 amide bonds. The van der Waals surface area contributed by atoms with Crippen molar-refractivity contribution in [3.63, 3.8) is 0 Å². The largest absolute Gasteiger partial charge is 0.438 e. The van der Waals surface area contributed by atoms with Crippen LogP contribution in [0.3, 0.4) is 0 Å². The lowest BCUT2D eigenvalue weighted by Gasteiger charge is -2.24. The van der Waals surface area contributed by atoms with Gasteiger partial charge in [0.2, 0.25) is 5.88 Å². The number of thiophene rings is 2. The Labute approximate surface area is 155 Å². The summed E-state index contributed by atoms with van der Waals surface area (Å²) in [5.74, 6) is -0.313. The summed E-state index contributed by atoms with van der Waals surface area (Å²) in [6.07, 6.45) is 0. The van der Waals surface area contributed by atoms with Gasteiger partial charge in [0.05, 0.1) is 21.7 Å². The predicted molar refractivity (Wildman–Crippen MR) is 100 cm³/mol. The molecule has 1 unspecified atom stereocenters. The normalized spacial score (nSPS) is 15.9. The molecule has 7 nitrogen and oxygen atoms in total. The predicted octanol–water partition coefficient (Wildman–Crippen LogP) is 2.78. The maximum Gasteiger partial charge on any atom is 0.256 e. The van der Waals surface area contributed by atoms with Crippen LogP contribution in [0.25, 0.3) is 10.2 Å². The number of nitriles is 2. The summed E-state index contributed by atoms with van der Waals surface area (Å²) in [4.78, 5) is 16.5. The van der Waals surface area contributed by atoms with Crippen LogP contribution in [-0.4, -0.2) is 12.0 Å². The van der Waals surface area contributed by atoms with Crippen LogP contribution in [0.5, 0.6) is 5.75 Å². The first-order valence-corrected chi connectivity index (χ1v) is 9.21. The van der Waals surface area contributed by atoms with Crippen LogP contribution >= 0.6 is 22.7 Å². The number of aromatic nitrogens is 1. The van der Waals surface area contributed by atoms with E-state index >= 15 is 0 Å². The number of nitrogens with zero attached hydrogens (tertiary/aromatic N) is 2. The van der Waals surface area contributed by atoms with Gasteiger partial charge in [0.15, 0.2) is 5.75 Å².